The zero-order valence-corrected chi connectivity index (χ0v) is 16.8. The quantitative estimate of drug-likeness (QED) is 0.675. The van der Waals surface area contributed by atoms with Crippen molar-refractivity contribution >= 4 is 18.0 Å². The van der Waals surface area contributed by atoms with Crippen LogP contribution in [-0.4, -0.2) is 90.8 Å². The normalized spacial score (nSPS) is 21.1. The molecule has 4 rings (SSSR count). The second-order valence-electron chi connectivity index (χ2n) is 8.28. The zero-order chi connectivity index (χ0) is 19.5. The van der Waals surface area contributed by atoms with Crippen molar-refractivity contribution in [1.29, 1.82) is 0 Å². The number of fused-ring (bicyclic) bond motifs is 1. The van der Waals surface area contributed by atoms with E-state index in [1.165, 1.54) is 24.8 Å². The number of pyridine rings is 1. The fourth-order valence-corrected chi connectivity index (χ4v) is 4.40. The van der Waals surface area contributed by atoms with Crippen molar-refractivity contribution < 1.29 is 9.59 Å². The molecule has 1 aliphatic carbocycles. The summed E-state index contributed by atoms with van der Waals surface area (Å²) >= 11 is 0. The number of likely N-dealkylation sites (N-methyl/N-ethyl adjacent to an activating group) is 1. The number of carbonyl (C=O) groups excluding carboxylic acids is 2. The van der Waals surface area contributed by atoms with Gasteiger partial charge in [0.05, 0.1) is 13.1 Å². The lowest BCUT2D eigenvalue weighted by Gasteiger charge is -2.43. The van der Waals surface area contributed by atoms with Gasteiger partial charge in [-0.05, 0) is 24.5 Å². The summed E-state index contributed by atoms with van der Waals surface area (Å²) in [7, 11) is 1.88. The van der Waals surface area contributed by atoms with Crippen molar-refractivity contribution in [3.63, 3.8) is 0 Å². The molecule has 1 saturated carbocycles. The number of rotatable bonds is 6. The average molecular weight is 386 g/mol. The molecule has 0 radical (unpaired) electrons. The van der Waals surface area contributed by atoms with E-state index >= 15 is 0 Å². The minimum atomic E-state index is 0.256. The van der Waals surface area contributed by atoms with Gasteiger partial charge in [0.15, 0.2) is 0 Å². The van der Waals surface area contributed by atoms with Crippen molar-refractivity contribution in [2.75, 3.05) is 57.8 Å². The zero-order valence-electron chi connectivity index (χ0n) is 16.8. The number of aromatic nitrogens is 1. The van der Waals surface area contributed by atoms with Gasteiger partial charge in [-0.3, -0.25) is 14.6 Å². The minimum Gasteiger partial charge on any atom is -0.353 e. The molecular formula is C21H31N5O2. The molecule has 3 aliphatic rings. The topological polar surface area (TPSA) is 60.0 Å². The third kappa shape index (κ3) is 4.20. The summed E-state index contributed by atoms with van der Waals surface area (Å²) in [5.41, 5.74) is 2.28. The average Bonchev–Trinajstić information content (AvgIpc) is 2.67. The van der Waals surface area contributed by atoms with E-state index in [1.807, 2.05) is 22.9 Å². The Morgan fingerprint density at radius 1 is 1.21 bits per heavy atom. The van der Waals surface area contributed by atoms with E-state index in [0.29, 0.717) is 13.1 Å². The molecular weight excluding hydrogens is 354 g/mol. The van der Waals surface area contributed by atoms with E-state index in [1.54, 1.807) is 0 Å². The van der Waals surface area contributed by atoms with Gasteiger partial charge in [-0.2, -0.15) is 0 Å². The predicted molar refractivity (Wildman–Crippen MR) is 108 cm³/mol. The highest BCUT2D eigenvalue weighted by atomic mass is 16.2. The molecule has 0 N–H and O–H groups in total. The lowest BCUT2D eigenvalue weighted by atomic mass is 9.91. The van der Waals surface area contributed by atoms with Gasteiger partial charge < -0.3 is 14.6 Å². The molecule has 152 valence electrons. The largest absolute Gasteiger partial charge is 0.353 e. The Hall–Kier alpha value is -1.99. The minimum absolute atomic E-state index is 0.256. The van der Waals surface area contributed by atoms with E-state index in [-0.39, 0.29) is 5.91 Å². The lowest BCUT2D eigenvalue weighted by molar-refractivity contribution is -0.135. The van der Waals surface area contributed by atoms with Crippen molar-refractivity contribution in [2.45, 2.75) is 38.3 Å². The Morgan fingerprint density at radius 3 is 2.68 bits per heavy atom. The highest BCUT2D eigenvalue weighted by molar-refractivity contribution is 5.78. The van der Waals surface area contributed by atoms with Crippen LogP contribution in [0, 0.1) is 0 Å². The number of hydrogen-bond donors (Lipinski definition) is 0. The fraction of sp³-hybridized carbons (Fsp3) is 0.667. The van der Waals surface area contributed by atoms with E-state index in [9.17, 15) is 9.59 Å². The SMILES string of the molecule is CN(CC=O)c1ccc2c(n1)CCN(CC(=O)N1CCN(C3CCC3)CC1)C2. The van der Waals surface area contributed by atoms with E-state index < -0.39 is 0 Å². The Morgan fingerprint density at radius 2 is 2.00 bits per heavy atom. The highest BCUT2D eigenvalue weighted by Crippen LogP contribution is 2.26. The number of anilines is 1. The first-order valence-corrected chi connectivity index (χ1v) is 10.5. The smallest absolute Gasteiger partial charge is 0.236 e. The number of hydrogen-bond acceptors (Lipinski definition) is 6. The maximum Gasteiger partial charge on any atom is 0.236 e. The molecule has 2 aliphatic heterocycles. The third-order valence-electron chi connectivity index (χ3n) is 6.47. The van der Waals surface area contributed by atoms with Gasteiger partial charge in [0, 0.05) is 64.5 Å². The number of amides is 1. The number of piperazine rings is 1. The van der Waals surface area contributed by atoms with E-state index in [2.05, 4.69) is 15.9 Å². The number of nitrogens with zero attached hydrogens (tertiary/aromatic N) is 5. The van der Waals surface area contributed by atoms with Crippen LogP contribution in [-0.2, 0) is 22.6 Å². The van der Waals surface area contributed by atoms with Gasteiger partial charge in [0.25, 0.3) is 0 Å². The molecule has 1 saturated heterocycles. The van der Waals surface area contributed by atoms with Gasteiger partial charge in [-0.1, -0.05) is 12.5 Å². The molecule has 7 nitrogen and oxygen atoms in total. The summed E-state index contributed by atoms with van der Waals surface area (Å²) in [6.45, 7) is 6.26. The van der Waals surface area contributed by atoms with E-state index in [0.717, 1.165) is 69.5 Å². The first-order valence-electron chi connectivity index (χ1n) is 10.5. The van der Waals surface area contributed by atoms with Crippen LogP contribution in [0.15, 0.2) is 12.1 Å². The Balaban J connectivity index is 1.28. The summed E-state index contributed by atoms with van der Waals surface area (Å²) in [6.07, 6.45) is 5.77. The first-order chi connectivity index (χ1) is 13.6. The molecule has 1 aromatic rings. The Bertz CT molecular complexity index is 713. The second-order valence-corrected chi connectivity index (χ2v) is 8.28. The molecule has 0 aromatic carbocycles. The maximum atomic E-state index is 12.8. The molecule has 3 heterocycles. The third-order valence-corrected chi connectivity index (χ3v) is 6.47. The Kier molecular flexibility index (Phi) is 5.92. The summed E-state index contributed by atoms with van der Waals surface area (Å²) < 4.78 is 0. The van der Waals surface area contributed by atoms with Gasteiger partial charge in [0.1, 0.15) is 12.1 Å². The van der Waals surface area contributed by atoms with Crippen molar-refractivity contribution in [1.82, 2.24) is 19.7 Å². The molecule has 1 aromatic heterocycles. The van der Waals surface area contributed by atoms with Crippen molar-refractivity contribution in [2.24, 2.45) is 0 Å². The van der Waals surface area contributed by atoms with Crippen molar-refractivity contribution in [3.05, 3.63) is 23.4 Å². The van der Waals surface area contributed by atoms with Gasteiger partial charge >= 0.3 is 0 Å². The van der Waals surface area contributed by atoms with Crippen LogP contribution in [0.1, 0.15) is 30.5 Å². The maximum absolute atomic E-state index is 12.8. The number of carbonyl (C=O) groups is 2. The second kappa shape index (κ2) is 8.57. The summed E-state index contributed by atoms with van der Waals surface area (Å²) in [6, 6.07) is 4.83. The standard InChI is InChI=1S/C21H31N5O2/c1-23(13-14-27)20-6-5-17-15-24(8-7-19(17)22-20)16-21(28)26-11-9-25(10-12-26)18-3-2-4-18/h5-6,14,18H,2-4,7-13,15-16H2,1H3. The molecule has 0 unspecified atom stereocenters. The van der Waals surface area contributed by atoms with Gasteiger partial charge in [-0.15, -0.1) is 0 Å². The Labute approximate surface area is 167 Å². The molecule has 0 bridgehead atoms. The molecule has 1 amide bonds. The van der Waals surface area contributed by atoms with Crippen LogP contribution in [0.3, 0.4) is 0 Å². The molecule has 28 heavy (non-hydrogen) atoms. The summed E-state index contributed by atoms with van der Waals surface area (Å²) in [5.74, 6) is 1.09. The monoisotopic (exact) mass is 385 g/mol. The van der Waals surface area contributed by atoms with Crippen LogP contribution in [0.25, 0.3) is 0 Å². The van der Waals surface area contributed by atoms with Crippen LogP contribution < -0.4 is 4.90 Å². The molecule has 2 fully saturated rings. The van der Waals surface area contributed by atoms with Gasteiger partial charge in [0.2, 0.25) is 5.91 Å². The predicted octanol–water partition coefficient (Wildman–Crippen LogP) is 0.772. The van der Waals surface area contributed by atoms with Gasteiger partial charge in [-0.25, -0.2) is 4.98 Å². The lowest BCUT2D eigenvalue weighted by Crippen LogP contribution is -2.55. The molecule has 7 heteroatoms. The summed E-state index contributed by atoms with van der Waals surface area (Å²) in [4.78, 5) is 36.9. The highest BCUT2D eigenvalue weighted by Gasteiger charge is 2.30. The van der Waals surface area contributed by atoms with Crippen molar-refractivity contribution in [3.8, 4) is 0 Å². The molecule has 0 atom stereocenters. The van der Waals surface area contributed by atoms with Crippen LogP contribution in [0.5, 0.6) is 0 Å². The summed E-state index contributed by atoms with van der Waals surface area (Å²) in [5, 5.41) is 0. The van der Waals surface area contributed by atoms with Crippen LogP contribution in [0.4, 0.5) is 5.82 Å². The molecule has 0 spiro atoms. The van der Waals surface area contributed by atoms with Crippen LogP contribution in [0.2, 0.25) is 0 Å². The van der Waals surface area contributed by atoms with E-state index in [4.69, 9.17) is 4.98 Å². The first kappa shape index (κ1) is 19.3. The fourth-order valence-electron chi connectivity index (χ4n) is 4.40. The number of aldehydes is 1. The van der Waals surface area contributed by atoms with Crippen LogP contribution >= 0.6 is 0 Å².